The van der Waals surface area contributed by atoms with E-state index in [-0.39, 0.29) is 5.75 Å². The van der Waals surface area contributed by atoms with Gasteiger partial charge >= 0.3 is 0 Å². The molecular formula is C11H15NO2S. The van der Waals surface area contributed by atoms with Crippen LogP contribution in [0.25, 0.3) is 0 Å². The molecule has 0 aromatic heterocycles. The first-order chi connectivity index (χ1) is 6.99. The van der Waals surface area contributed by atoms with Gasteiger partial charge in [0.1, 0.15) is 0 Å². The minimum Gasteiger partial charge on any atom is -0.383 e. The summed E-state index contributed by atoms with van der Waals surface area (Å²) in [5.74, 6) is 0.0537. The lowest BCUT2D eigenvalue weighted by Crippen LogP contribution is -2.05. The molecule has 0 unspecified atom stereocenters. The third kappa shape index (κ3) is 4.65. The molecule has 1 aromatic carbocycles. The van der Waals surface area contributed by atoms with Crippen molar-refractivity contribution in [2.45, 2.75) is 5.75 Å². The second kappa shape index (κ2) is 4.98. The Labute approximate surface area is 91.0 Å². The molecule has 0 aliphatic heterocycles. The summed E-state index contributed by atoms with van der Waals surface area (Å²) in [4.78, 5) is 1.70. The zero-order chi connectivity index (χ0) is 11.3. The van der Waals surface area contributed by atoms with Crippen molar-refractivity contribution in [1.82, 2.24) is 4.90 Å². The molecule has 0 bridgehead atoms. The molecule has 0 aliphatic carbocycles. The van der Waals surface area contributed by atoms with Crippen molar-refractivity contribution in [2.24, 2.45) is 0 Å². The van der Waals surface area contributed by atoms with E-state index >= 15 is 0 Å². The van der Waals surface area contributed by atoms with Crippen molar-refractivity contribution in [3.05, 3.63) is 47.5 Å². The molecule has 0 saturated carbocycles. The van der Waals surface area contributed by atoms with Gasteiger partial charge in [-0.15, -0.1) is 0 Å². The molecule has 1 rings (SSSR count). The molecule has 0 atom stereocenters. The largest absolute Gasteiger partial charge is 0.383 e. The lowest BCUT2D eigenvalue weighted by Gasteiger charge is -2.04. The Hall–Kier alpha value is -1.29. The number of sulfone groups is 1. The Kier molecular flexibility index (Phi) is 3.91. The van der Waals surface area contributed by atoms with E-state index in [0.29, 0.717) is 0 Å². The Morgan fingerprint density at radius 1 is 1.20 bits per heavy atom. The monoisotopic (exact) mass is 225 g/mol. The van der Waals surface area contributed by atoms with Gasteiger partial charge in [0, 0.05) is 25.7 Å². The molecule has 0 aliphatic rings. The van der Waals surface area contributed by atoms with Crippen LogP contribution >= 0.6 is 0 Å². The van der Waals surface area contributed by atoms with E-state index in [9.17, 15) is 8.42 Å². The minimum absolute atomic E-state index is 0.0537. The van der Waals surface area contributed by atoms with Crippen LogP contribution in [0.5, 0.6) is 0 Å². The first-order valence-corrected chi connectivity index (χ1v) is 6.32. The second-order valence-corrected chi connectivity index (χ2v) is 5.43. The molecule has 0 N–H and O–H groups in total. The molecular weight excluding hydrogens is 210 g/mol. The van der Waals surface area contributed by atoms with Crippen molar-refractivity contribution >= 4 is 9.84 Å². The number of nitrogens with zero attached hydrogens (tertiary/aromatic N) is 1. The maximum absolute atomic E-state index is 11.6. The van der Waals surface area contributed by atoms with E-state index in [1.165, 1.54) is 11.6 Å². The number of rotatable bonds is 4. The van der Waals surface area contributed by atoms with Crippen molar-refractivity contribution in [3.8, 4) is 0 Å². The SMILES string of the molecule is CN(C)/C=C/S(=O)(=O)Cc1ccccc1. The molecule has 82 valence electrons. The molecule has 0 spiro atoms. The molecule has 3 nitrogen and oxygen atoms in total. The van der Waals surface area contributed by atoms with Crippen LogP contribution in [0.2, 0.25) is 0 Å². The van der Waals surface area contributed by atoms with Crippen LogP contribution in [0, 0.1) is 0 Å². The first-order valence-electron chi connectivity index (χ1n) is 4.61. The molecule has 15 heavy (non-hydrogen) atoms. The molecule has 0 amide bonds. The van der Waals surface area contributed by atoms with Gasteiger partial charge in [0.2, 0.25) is 0 Å². The third-order valence-electron chi connectivity index (χ3n) is 1.78. The van der Waals surface area contributed by atoms with Crippen LogP contribution < -0.4 is 0 Å². The van der Waals surface area contributed by atoms with E-state index < -0.39 is 9.84 Å². The second-order valence-electron chi connectivity index (χ2n) is 3.54. The average Bonchev–Trinajstić information content (AvgIpc) is 2.16. The van der Waals surface area contributed by atoms with E-state index in [4.69, 9.17) is 0 Å². The highest BCUT2D eigenvalue weighted by Gasteiger charge is 2.06. The summed E-state index contributed by atoms with van der Waals surface area (Å²) in [5, 5.41) is 1.24. The molecule has 0 radical (unpaired) electrons. The quantitative estimate of drug-likeness (QED) is 0.781. The highest BCUT2D eigenvalue weighted by molar-refractivity contribution is 7.93. The minimum atomic E-state index is -3.15. The summed E-state index contributed by atoms with van der Waals surface area (Å²) in [6.07, 6.45) is 1.54. The summed E-state index contributed by atoms with van der Waals surface area (Å²) in [6, 6.07) is 9.15. The molecule has 1 aromatic rings. The molecule has 0 heterocycles. The molecule has 0 fully saturated rings. The van der Waals surface area contributed by atoms with Gasteiger partial charge in [0.05, 0.1) is 5.75 Å². The van der Waals surface area contributed by atoms with E-state index in [1.807, 2.05) is 18.2 Å². The standard InChI is InChI=1S/C11H15NO2S/c1-12(2)8-9-15(13,14)10-11-6-4-3-5-7-11/h3-9H,10H2,1-2H3/b9-8+. The van der Waals surface area contributed by atoms with Gasteiger partial charge in [-0.05, 0) is 5.56 Å². The van der Waals surface area contributed by atoms with Crippen LogP contribution in [-0.2, 0) is 15.6 Å². The highest BCUT2D eigenvalue weighted by atomic mass is 32.2. The zero-order valence-corrected chi connectivity index (χ0v) is 9.74. The fraction of sp³-hybridized carbons (Fsp3) is 0.273. The van der Waals surface area contributed by atoms with Crippen molar-refractivity contribution in [1.29, 1.82) is 0 Å². The highest BCUT2D eigenvalue weighted by Crippen LogP contribution is 2.06. The lowest BCUT2D eigenvalue weighted by atomic mass is 10.2. The predicted molar refractivity (Wildman–Crippen MR) is 61.9 cm³/mol. The average molecular weight is 225 g/mol. The van der Waals surface area contributed by atoms with Crippen LogP contribution in [0.4, 0.5) is 0 Å². The van der Waals surface area contributed by atoms with Crippen molar-refractivity contribution < 1.29 is 8.42 Å². The van der Waals surface area contributed by atoms with Gasteiger partial charge < -0.3 is 4.90 Å². The number of hydrogen-bond acceptors (Lipinski definition) is 3. The van der Waals surface area contributed by atoms with Crippen LogP contribution in [0.3, 0.4) is 0 Å². The molecule has 4 heteroatoms. The summed E-state index contributed by atoms with van der Waals surface area (Å²) >= 11 is 0. The van der Waals surface area contributed by atoms with E-state index in [2.05, 4.69) is 0 Å². The summed E-state index contributed by atoms with van der Waals surface area (Å²) in [7, 11) is 0.421. The predicted octanol–water partition coefficient (Wildman–Crippen LogP) is 1.63. The Bertz CT molecular complexity index is 421. The number of hydrogen-bond donors (Lipinski definition) is 0. The smallest absolute Gasteiger partial charge is 0.177 e. The van der Waals surface area contributed by atoms with Gasteiger partial charge in [-0.2, -0.15) is 0 Å². The summed E-state index contributed by atoms with van der Waals surface area (Å²) < 4.78 is 23.2. The molecule has 0 saturated heterocycles. The van der Waals surface area contributed by atoms with Crippen LogP contribution in [-0.4, -0.2) is 27.4 Å². The topological polar surface area (TPSA) is 37.4 Å². The lowest BCUT2D eigenvalue weighted by molar-refractivity contribution is 0.562. The number of benzene rings is 1. The first kappa shape index (κ1) is 11.8. The van der Waals surface area contributed by atoms with E-state index in [0.717, 1.165) is 5.56 Å². The maximum atomic E-state index is 11.6. The van der Waals surface area contributed by atoms with Gasteiger partial charge in [-0.1, -0.05) is 30.3 Å². The van der Waals surface area contributed by atoms with E-state index in [1.54, 1.807) is 31.1 Å². The van der Waals surface area contributed by atoms with Crippen LogP contribution in [0.15, 0.2) is 41.9 Å². The van der Waals surface area contributed by atoms with Gasteiger partial charge in [-0.3, -0.25) is 0 Å². The van der Waals surface area contributed by atoms with Gasteiger partial charge in [0.25, 0.3) is 0 Å². The summed E-state index contributed by atoms with van der Waals surface area (Å²) in [6.45, 7) is 0. The zero-order valence-electron chi connectivity index (χ0n) is 8.92. The Morgan fingerprint density at radius 2 is 1.80 bits per heavy atom. The fourth-order valence-electron chi connectivity index (χ4n) is 1.07. The van der Waals surface area contributed by atoms with Crippen molar-refractivity contribution in [2.75, 3.05) is 14.1 Å². The Morgan fingerprint density at radius 3 is 2.33 bits per heavy atom. The summed E-state index contributed by atoms with van der Waals surface area (Å²) in [5.41, 5.74) is 0.806. The Balaban J connectivity index is 2.74. The van der Waals surface area contributed by atoms with Crippen molar-refractivity contribution in [3.63, 3.8) is 0 Å². The van der Waals surface area contributed by atoms with Gasteiger partial charge in [0.15, 0.2) is 9.84 Å². The van der Waals surface area contributed by atoms with Gasteiger partial charge in [-0.25, -0.2) is 8.42 Å². The normalized spacial score (nSPS) is 11.9. The third-order valence-corrected chi connectivity index (χ3v) is 3.05. The van der Waals surface area contributed by atoms with Crippen LogP contribution in [0.1, 0.15) is 5.56 Å². The fourth-order valence-corrected chi connectivity index (χ4v) is 2.25. The maximum Gasteiger partial charge on any atom is 0.177 e.